The van der Waals surface area contributed by atoms with E-state index in [0.29, 0.717) is 61.9 Å². The molecule has 82 heavy (non-hydrogen) atoms. The first-order valence-electron chi connectivity index (χ1n) is 31.8. The number of likely N-dealkylation sites (N-methyl/N-ethyl adjacent to an activating group) is 4. The van der Waals surface area contributed by atoms with Crippen LogP contribution in [0.3, 0.4) is 0 Å². The minimum atomic E-state index is -0.0133. The van der Waals surface area contributed by atoms with Gasteiger partial charge in [-0.25, -0.2) is 0 Å². The molecule has 4 aromatic rings. The molecular weight excluding hydrogens is 1020 g/mol. The van der Waals surface area contributed by atoms with Gasteiger partial charge >= 0.3 is 0 Å². The molecule has 0 spiro atoms. The predicted octanol–water partition coefficient (Wildman–Crippen LogP) is 11.5. The highest BCUT2D eigenvalue weighted by atomic mass is 16.5. The van der Waals surface area contributed by atoms with Gasteiger partial charge in [-0.1, -0.05) is 128 Å². The van der Waals surface area contributed by atoms with Crippen molar-refractivity contribution in [3.63, 3.8) is 0 Å². The third-order valence-electron chi connectivity index (χ3n) is 16.7. The summed E-state index contributed by atoms with van der Waals surface area (Å²) < 4.78 is 32.3. The van der Waals surface area contributed by atoms with Gasteiger partial charge in [-0.15, -0.1) is 0 Å². The van der Waals surface area contributed by atoms with E-state index >= 15 is 0 Å². The van der Waals surface area contributed by atoms with Gasteiger partial charge in [-0.3, -0.25) is 29.0 Å². The van der Waals surface area contributed by atoms with Gasteiger partial charge in [0, 0.05) is 74.6 Å². The van der Waals surface area contributed by atoms with Crippen LogP contribution in [0.25, 0.3) is 0 Å². The number of nitrogens with zero attached hydrogens (tertiary/aromatic N) is 8. The third-order valence-corrected chi connectivity index (χ3v) is 16.7. The Morgan fingerprint density at radius 3 is 1.06 bits per heavy atom. The maximum absolute atomic E-state index is 7.23. The molecule has 0 bridgehead atoms. The molecule has 12 heteroatoms. The Morgan fingerprint density at radius 2 is 0.744 bits per heavy atom. The molecule has 0 unspecified atom stereocenters. The van der Waals surface area contributed by atoms with E-state index in [-0.39, 0.29) is 48.6 Å². The molecule has 3 fully saturated rings. The van der Waals surface area contributed by atoms with E-state index in [1.54, 1.807) is 0 Å². The second kappa shape index (κ2) is 32.8. The Morgan fingerprint density at radius 1 is 0.439 bits per heavy atom. The van der Waals surface area contributed by atoms with Crippen LogP contribution in [0.5, 0.6) is 0 Å². The molecule has 2 aliphatic carbocycles. The van der Waals surface area contributed by atoms with Gasteiger partial charge in [-0.05, 0) is 152 Å². The van der Waals surface area contributed by atoms with Crippen LogP contribution in [0.4, 0.5) is 0 Å². The fourth-order valence-corrected chi connectivity index (χ4v) is 11.5. The van der Waals surface area contributed by atoms with E-state index in [4.69, 9.17) is 18.9 Å². The van der Waals surface area contributed by atoms with Crippen LogP contribution in [0, 0.1) is 59.2 Å². The average molecular weight is 1130 g/mol. The molecule has 7 rings (SSSR count). The fraction of sp³-hybridized carbons (Fsp3) is 0.686. The summed E-state index contributed by atoms with van der Waals surface area (Å²) in [5, 5.41) is 9.26. The van der Waals surface area contributed by atoms with Crippen LogP contribution in [-0.4, -0.2) is 169 Å². The standard InChI is InChI=1S/C70H108N8O4/c1-51(2)31-65-47-79-55(9)39-73(11)68(34-54(7)8)50-82-70(36-60-23-27-62(28-24-60)42-78-44-64(38-72-78)30-20-58-17-18-58)46-76(14)66(32-52(3)4)48-80-56(10)40-74(12)67(33-53(5)6)49-81-69(45-75(65)13)35-59-21-25-61(26-22-59)41-77-43-63(37-71-77)29-19-57-15-16-57/h21-28,37-38,43-44,51-58,65-70H,15-18,31-36,39-42,45-50H2,1-14H3/t55-,56-,65+,66+,67+,68+,69-,70-/m1/s1. The molecule has 3 aliphatic rings. The van der Waals surface area contributed by atoms with Crippen molar-refractivity contribution >= 4 is 0 Å². The minimum Gasteiger partial charge on any atom is -0.376 e. The molecule has 0 radical (unpaired) electrons. The Balaban J connectivity index is 1.09. The van der Waals surface area contributed by atoms with Crippen LogP contribution in [-0.2, 0) is 44.9 Å². The molecular formula is C70H108N8O4. The molecule has 2 aromatic carbocycles. The fourth-order valence-electron chi connectivity index (χ4n) is 11.5. The Hall–Kier alpha value is -4.34. The van der Waals surface area contributed by atoms with Gasteiger partial charge in [0.05, 0.1) is 87.5 Å². The molecule has 8 atom stereocenters. The van der Waals surface area contributed by atoms with E-state index in [2.05, 4.69) is 212 Å². The summed E-state index contributed by atoms with van der Waals surface area (Å²) in [4.78, 5) is 10.1. The van der Waals surface area contributed by atoms with Gasteiger partial charge in [0.2, 0.25) is 0 Å². The highest BCUT2D eigenvalue weighted by Crippen LogP contribution is 2.29. The topological polar surface area (TPSA) is 85.5 Å². The maximum atomic E-state index is 7.23. The normalized spacial score (nSPS) is 25.5. The number of benzene rings is 2. The van der Waals surface area contributed by atoms with Crippen LogP contribution in [0.15, 0.2) is 73.3 Å². The summed E-state index contributed by atoms with van der Waals surface area (Å²) in [5.74, 6) is 16.6. The van der Waals surface area contributed by atoms with Crippen molar-refractivity contribution in [2.45, 2.75) is 195 Å². The monoisotopic (exact) mass is 1120 g/mol. The lowest BCUT2D eigenvalue weighted by molar-refractivity contribution is -0.0536. The molecule has 3 heterocycles. The van der Waals surface area contributed by atoms with Gasteiger partial charge < -0.3 is 18.9 Å². The molecule has 0 N–H and O–H groups in total. The van der Waals surface area contributed by atoms with Crippen molar-refractivity contribution in [1.29, 1.82) is 0 Å². The number of ether oxygens (including phenoxy) is 4. The van der Waals surface area contributed by atoms with Crippen molar-refractivity contribution in [3.05, 3.63) is 107 Å². The number of aromatic nitrogens is 4. The summed E-state index contributed by atoms with van der Waals surface area (Å²) in [7, 11) is 9.12. The first-order chi connectivity index (χ1) is 39.3. The van der Waals surface area contributed by atoms with Crippen LogP contribution >= 0.6 is 0 Å². The highest BCUT2D eigenvalue weighted by Gasteiger charge is 2.29. The van der Waals surface area contributed by atoms with Crippen molar-refractivity contribution in [1.82, 2.24) is 39.2 Å². The van der Waals surface area contributed by atoms with Gasteiger partial charge in [0.15, 0.2) is 0 Å². The minimum absolute atomic E-state index is 0.0133. The Kier molecular flexibility index (Phi) is 26.1. The summed E-state index contributed by atoms with van der Waals surface area (Å²) in [5.41, 5.74) is 7.00. The zero-order valence-electron chi connectivity index (χ0n) is 53.4. The zero-order valence-corrected chi connectivity index (χ0v) is 53.4. The predicted molar refractivity (Wildman–Crippen MR) is 336 cm³/mol. The molecule has 2 saturated carbocycles. The third kappa shape index (κ3) is 23.6. The lowest BCUT2D eigenvalue weighted by Gasteiger charge is -2.37. The summed E-state index contributed by atoms with van der Waals surface area (Å²) in [6, 6.07) is 19.1. The van der Waals surface area contributed by atoms with E-state index in [9.17, 15) is 0 Å². The Labute approximate surface area is 497 Å². The first kappa shape index (κ1) is 65.2. The summed E-state index contributed by atoms with van der Waals surface area (Å²) in [6.07, 6.45) is 18.7. The van der Waals surface area contributed by atoms with Gasteiger partial charge in [0.1, 0.15) is 0 Å². The van der Waals surface area contributed by atoms with E-state index in [1.165, 1.54) is 47.9 Å². The van der Waals surface area contributed by atoms with Gasteiger partial charge in [-0.2, -0.15) is 10.2 Å². The second-order valence-electron chi connectivity index (χ2n) is 27.1. The maximum Gasteiger partial charge on any atom is 0.0743 e. The van der Waals surface area contributed by atoms with Crippen molar-refractivity contribution < 1.29 is 18.9 Å². The van der Waals surface area contributed by atoms with E-state index < -0.39 is 0 Å². The van der Waals surface area contributed by atoms with Crippen molar-refractivity contribution in [3.8, 4) is 23.7 Å². The molecule has 452 valence electrons. The smallest absolute Gasteiger partial charge is 0.0743 e. The van der Waals surface area contributed by atoms with Crippen LogP contribution < -0.4 is 0 Å². The Bertz CT molecular complexity index is 2380. The summed E-state index contributed by atoms with van der Waals surface area (Å²) in [6.45, 7) is 30.5. The summed E-state index contributed by atoms with van der Waals surface area (Å²) >= 11 is 0. The van der Waals surface area contributed by atoms with Gasteiger partial charge in [0.25, 0.3) is 0 Å². The quantitative estimate of drug-likeness (QED) is 0.101. The van der Waals surface area contributed by atoms with E-state index in [1.807, 2.05) is 21.8 Å². The lowest BCUT2D eigenvalue weighted by Crippen LogP contribution is -2.47. The lowest BCUT2D eigenvalue weighted by atomic mass is 10.0. The zero-order chi connectivity index (χ0) is 58.7. The van der Waals surface area contributed by atoms with Crippen LogP contribution in [0.2, 0.25) is 0 Å². The molecule has 1 aliphatic heterocycles. The highest BCUT2D eigenvalue weighted by molar-refractivity contribution is 5.33. The molecule has 0 amide bonds. The van der Waals surface area contributed by atoms with Crippen LogP contribution in [0.1, 0.15) is 154 Å². The van der Waals surface area contributed by atoms with E-state index in [0.717, 1.165) is 88.9 Å². The largest absolute Gasteiger partial charge is 0.376 e. The molecule has 1 saturated heterocycles. The van der Waals surface area contributed by atoms with Crippen molar-refractivity contribution in [2.24, 2.45) is 35.5 Å². The van der Waals surface area contributed by atoms with Crippen molar-refractivity contribution in [2.75, 3.05) is 80.8 Å². The number of rotatable bonds is 16. The first-order valence-corrected chi connectivity index (χ1v) is 31.8. The molecule has 2 aromatic heterocycles. The SMILES string of the molecule is CC(C)C[C@H]1CO[C@H](C)CN(C)[C@@H](CC(C)C)CO[C@H](Cc2ccc(Cn3cc(C#CC4CC4)cn3)cc2)CN(C)[C@@H](CC(C)C)CO[C@H](C)CN(C)[C@@H](CC(C)C)CO[C@H](Cc2ccc(Cn3cc(C#CC4CC4)cn3)cc2)CN1C. The number of hydrogen-bond donors (Lipinski definition) is 0. The second-order valence-corrected chi connectivity index (χ2v) is 27.1. The average Bonchev–Trinajstić information content (AvgIpc) is 4.40. The number of hydrogen-bond acceptors (Lipinski definition) is 10. The molecule has 12 nitrogen and oxygen atoms in total.